The van der Waals surface area contributed by atoms with Crippen LogP contribution in [0.1, 0.15) is 39.0 Å². The Morgan fingerprint density at radius 3 is 2.88 bits per heavy atom. The Kier molecular flexibility index (Phi) is 3.50. The van der Waals surface area contributed by atoms with E-state index in [0.717, 1.165) is 38.8 Å². The third kappa shape index (κ3) is 2.74. The monoisotopic (exact) mass is 226 g/mol. The van der Waals surface area contributed by atoms with Crippen molar-refractivity contribution in [3.63, 3.8) is 0 Å². The second-order valence-corrected chi connectivity index (χ2v) is 5.32. The predicted octanol–water partition coefficient (Wildman–Crippen LogP) is 0.502. The van der Waals surface area contributed by atoms with Gasteiger partial charge in [-0.25, -0.2) is 0 Å². The summed E-state index contributed by atoms with van der Waals surface area (Å²) in [5.41, 5.74) is -0.585. The lowest BCUT2D eigenvalue weighted by molar-refractivity contribution is -0.133. The van der Waals surface area contributed by atoms with Crippen LogP contribution in [0, 0.1) is 0 Å². The quantitative estimate of drug-likeness (QED) is 0.684. The second kappa shape index (κ2) is 4.72. The molecule has 2 heterocycles. The number of hydrogen-bond donors (Lipinski definition) is 2. The van der Waals surface area contributed by atoms with Gasteiger partial charge in [0.1, 0.15) is 0 Å². The number of likely N-dealkylation sites (tertiary alicyclic amines) is 1. The topological polar surface area (TPSA) is 52.6 Å². The first-order valence-electron chi connectivity index (χ1n) is 6.33. The first kappa shape index (κ1) is 11.9. The number of hydrogen-bond acceptors (Lipinski definition) is 3. The van der Waals surface area contributed by atoms with E-state index in [1.54, 1.807) is 0 Å². The van der Waals surface area contributed by atoms with E-state index in [1.165, 1.54) is 0 Å². The van der Waals surface area contributed by atoms with Gasteiger partial charge in [-0.15, -0.1) is 0 Å². The molecule has 0 aliphatic carbocycles. The molecule has 92 valence electrons. The number of rotatable bonds is 1. The van der Waals surface area contributed by atoms with E-state index in [4.69, 9.17) is 0 Å². The van der Waals surface area contributed by atoms with Gasteiger partial charge in [-0.2, -0.15) is 0 Å². The van der Waals surface area contributed by atoms with Gasteiger partial charge in [0.05, 0.1) is 11.6 Å². The SMILES string of the molecule is CC1(O)CCCN(C(=O)[C@H]2CCCN2)CC1. The minimum absolute atomic E-state index is 0.0306. The zero-order chi connectivity index (χ0) is 11.6. The van der Waals surface area contributed by atoms with Crippen molar-refractivity contribution in [2.45, 2.75) is 50.7 Å². The number of carbonyl (C=O) groups excluding carboxylic acids is 1. The summed E-state index contributed by atoms with van der Waals surface area (Å²) in [5.74, 6) is 0.232. The smallest absolute Gasteiger partial charge is 0.239 e. The van der Waals surface area contributed by atoms with Crippen LogP contribution in [0.3, 0.4) is 0 Å². The second-order valence-electron chi connectivity index (χ2n) is 5.32. The molecule has 0 aromatic carbocycles. The maximum atomic E-state index is 12.1. The minimum Gasteiger partial charge on any atom is -0.390 e. The highest BCUT2D eigenvalue weighted by Gasteiger charge is 2.31. The van der Waals surface area contributed by atoms with Gasteiger partial charge in [0, 0.05) is 13.1 Å². The molecule has 0 bridgehead atoms. The number of amides is 1. The lowest BCUT2D eigenvalue weighted by atomic mass is 9.98. The summed E-state index contributed by atoms with van der Waals surface area (Å²) in [5, 5.41) is 13.2. The van der Waals surface area contributed by atoms with Gasteiger partial charge < -0.3 is 15.3 Å². The fourth-order valence-corrected chi connectivity index (χ4v) is 2.60. The van der Waals surface area contributed by atoms with Gasteiger partial charge in [-0.3, -0.25) is 4.79 Å². The molecule has 4 nitrogen and oxygen atoms in total. The summed E-state index contributed by atoms with van der Waals surface area (Å²) in [4.78, 5) is 14.1. The normalized spacial score (nSPS) is 36.1. The van der Waals surface area contributed by atoms with Crippen LogP contribution >= 0.6 is 0 Å². The van der Waals surface area contributed by atoms with Gasteiger partial charge in [0.2, 0.25) is 5.91 Å². The Balaban J connectivity index is 1.91. The average Bonchev–Trinajstić information content (AvgIpc) is 2.69. The molecule has 2 N–H and O–H groups in total. The standard InChI is InChI=1S/C12H22N2O2/c1-12(16)5-3-8-14(9-6-12)11(15)10-4-2-7-13-10/h10,13,16H,2-9H2,1H3/t10-,12?/m1/s1. The predicted molar refractivity (Wildman–Crippen MR) is 62.1 cm³/mol. The van der Waals surface area contributed by atoms with Crippen LogP contribution in [-0.4, -0.2) is 47.2 Å². The van der Waals surface area contributed by atoms with Gasteiger partial charge in [-0.05, 0) is 45.6 Å². The molecule has 1 amide bonds. The van der Waals surface area contributed by atoms with Crippen LogP contribution in [0.5, 0.6) is 0 Å². The van der Waals surface area contributed by atoms with Gasteiger partial charge in [0.25, 0.3) is 0 Å². The van der Waals surface area contributed by atoms with E-state index < -0.39 is 5.60 Å². The van der Waals surface area contributed by atoms with Crippen molar-refractivity contribution in [2.75, 3.05) is 19.6 Å². The molecule has 0 aromatic heterocycles. The van der Waals surface area contributed by atoms with Crippen molar-refractivity contribution in [1.29, 1.82) is 0 Å². The van der Waals surface area contributed by atoms with Crippen molar-refractivity contribution >= 4 is 5.91 Å². The van der Waals surface area contributed by atoms with Crippen molar-refractivity contribution in [1.82, 2.24) is 10.2 Å². The molecule has 2 rings (SSSR count). The molecular formula is C12H22N2O2. The molecule has 0 radical (unpaired) electrons. The van der Waals surface area contributed by atoms with E-state index in [1.807, 2.05) is 11.8 Å². The number of nitrogens with one attached hydrogen (secondary N) is 1. The van der Waals surface area contributed by atoms with Gasteiger partial charge >= 0.3 is 0 Å². The Hall–Kier alpha value is -0.610. The third-order valence-corrected chi connectivity index (χ3v) is 3.73. The van der Waals surface area contributed by atoms with Crippen LogP contribution in [-0.2, 0) is 4.79 Å². The summed E-state index contributed by atoms with van der Waals surface area (Å²) in [7, 11) is 0. The molecule has 2 fully saturated rings. The molecule has 4 heteroatoms. The van der Waals surface area contributed by atoms with Crippen LogP contribution in [0.4, 0.5) is 0 Å². The summed E-state index contributed by atoms with van der Waals surface area (Å²) in [6.45, 7) is 4.33. The van der Waals surface area contributed by atoms with Gasteiger partial charge in [0.15, 0.2) is 0 Å². The maximum absolute atomic E-state index is 12.1. The number of carbonyl (C=O) groups is 1. The van der Waals surface area contributed by atoms with E-state index in [-0.39, 0.29) is 11.9 Å². The zero-order valence-corrected chi connectivity index (χ0v) is 10.0. The molecular weight excluding hydrogens is 204 g/mol. The Morgan fingerprint density at radius 1 is 1.38 bits per heavy atom. The van der Waals surface area contributed by atoms with Crippen molar-refractivity contribution < 1.29 is 9.90 Å². The molecule has 1 unspecified atom stereocenters. The molecule has 16 heavy (non-hydrogen) atoms. The summed E-state index contributed by atoms with van der Waals surface area (Å²) in [6, 6.07) is 0.0306. The third-order valence-electron chi connectivity index (χ3n) is 3.73. The Labute approximate surface area is 97.0 Å². The Morgan fingerprint density at radius 2 is 2.19 bits per heavy atom. The highest BCUT2D eigenvalue weighted by Crippen LogP contribution is 2.22. The van der Waals surface area contributed by atoms with Crippen molar-refractivity contribution in [3.05, 3.63) is 0 Å². The lowest BCUT2D eigenvalue weighted by Gasteiger charge is -2.25. The molecule has 2 atom stereocenters. The highest BCUT2D eigenvalue weighted by molar-refractivity contribution is 5.82. The lowest BCUT2D eigenvalue weighted by Crippen LogP contribution is -2.44. The number of nitrogens with zero attached hydrogens (tertiary/aromatic N) is 1. The van der Waals surface area contributed by atoms with Crippen LogP contribution in [0.2, 0.25) is 0 Å². The summed E-state index contributed by atoms with van der Waals surface area (Å²) < 4.78 is 0. The van der Waals surface area contributed by atoms with Crippen molar-refractivity contribution in [2.24, 2.45) is 0 Å². The van der Waals surface area contributed by atoms with Crippen molar-refractivity contribution in [3.8, 4) is 0 Å². The average molecular weight is 226 g/mol. The van der Waals surface area contributed by atoms with E-state index >= 15 is 0 Å². The molecule has 2 saturated heterocycles. The van der Waals surface area contributed by atoms with E-state index in [0.29, 0.717) is 13.0 Å². The number of aliphatic hydroxyl groups is 1. The van der Waals surface area contributed by atoms with Crippen LogP contribution < -0.4 is 5.32 Å². The molecule has 2 aliphatic heterocycles. The zero-order valence-electron chi connectivity index (χ0n) is 10.0. The molecule has 0 saturated carbocycles. The van der Waals surface area contributed by atoms with Crippen LogP contribution in [0.25, 0.3) is 0 Å². The summed E-state index contributed by atoms with van der Waals surface area (Å²) >= 11 is 0. The largest absolute Gasteiger partial charge is 0.390 e. The van der Waals surface area contributed by atoms with E-state index in [9.17, 15) is 9.90 Å². The highest BCUT2D eigenvalue weighted by atomic mass is 16.3. The molecule has 0 spiro atoms. The fraction of sp³-hybridized carbons (Fsp3) is 0.917. The van der Waals surface area contributed by atoms with Gasteiger partial charge in [-0.1, -0.05) is 0 Å². The first-order valence-corrected chi connectivity index (χ1v) is 6.33. The molecule has 2 aliphatic rings. The first-order chi connectivity index (χ1) is 7.58. The minimum atomic E-state index is -0.585. The summed E-state index contributed by atoms with van der Waals surface area (Å²) in [6.07, 6.45) is 4.47. The molecule has 0 aromatic rings. The van der Waals surface area contributed by atoms with E-state index in [2.05, 4.69) is 5.32 Å². The van der Waals surface area contributed by atoms with Crippen LogP contribution in [0.15, 0.2) is 0 Å². The fourth-order valence-electron chi connectivity index (χ4n) is 2.60. The Bertz CT molecular complexity index is 260. The maximum Gasteiger partial charge on any atom is 0.239 e.